The normalized spacial score (nSPS) is 15.3. The molecule has 0 aliphatic heterocycles. The molecule has 0 heterocycles. The lowest BCUT2D eigenvalue weighted by Gasteiger charge is -2.17. The second-order valence-electron chi connectivity index (χ2n) is 3.43. The molecule has 0 aromatic heterocycles. The molecule has 0 aliphatic rings. The Hall–Kier alpha value is -0.640. The third-order valence-electron chi connectivity index (χ3n) is 2.13. The van der Waals surface area contributed by atoms with Gasteiger partial charge in [-0.15, -0.1) is 0 Å². The summed E-state index contributed by atoms with van der Waals surface area (Å²) >= 11 is 5.58. The number of hydrogen-bond donors (Lipinski definition) is 2. The molecule has 0 radical (unpaired) electrons. The van der Waals surface area contributed by atoms with Crippen molar-refractivity contribution in [3.05, 3.63) is 34.1 Å². The number of halogens is 2. The van der Waals surface area contributed by atoms with Gasteiger partial charge in [-0.1, -0.05) is 11.6 Å². The van der Waals surface area contributed by atoms with Gasteiger partial charge in [-0.3, -0.25) is 0 Å². The first-order chi connectivity index (χ1) is 6.43. The zero-order valence-corrected chi connectivity index (χ0v) is 8.85. The smallest absolute Gasteiger partial charge is 0.142 e. The summed E-state index contributed by atoms with van der Waals surface area (Å²) in [7, 11) is 0. The Morgan fingerprint density at radius 3 is 2.57 bits per heavy atom. The average molecular weight is 218 g/mol. The summed E-state index contributed by atoms with van der Waals surface area (Å²) in [5.74, 6) is -0.535. The first-order valence-electron chi connectivity index (χ1n) is 4.32. The number of aliphatic hydroxyl groups excluding tert-OH is 1. The minimum Gasteiger partial charge on any atom is -0.387 e. The van der Waals surface area contributed by atoms with Crippen LogP contribution in [0.2, 0.25) is 5.02 Å². The zero-order valence-electron chi connectivity index (χ0n) is 8.09. The summed E-state index contributed by atoms with van der Waals surface area (Å²) in [5.41, 5.74) is 6.74. The molecule has 0 spiro atoms. The number of nitrogens with two attached hydrogens (primary N) is 1. The molecule has 4 heteroatoms. The summed E-state index contributed by atoms with van der Waals surface area (Å²) in [5, 5.41) is 9.72. The SMILES string of the molecule is Cc1cc(Cl)c(F)cc1C(O)C(C)N. The third-order valence-corrected chi connectivity index (χ3v) is 2.42. The molecular formula is C10H13ClFNO. The molecule has 0 saturated carbocycles. The molecular weight excluding hydrogens is 205 g/mol. The Kier molecular flexibility index (Phi) is 3.48. The van der Waals surface area contributed by atoms with Gasteiger partial charge < -0.3 is 10.8 Å². The van der Waals surface area contributed by atoms with E-state index in [-0.39, 0.29) is 5.02 Å². The summed E-state index contributed by atoms with van der Waals surface area (Å²) in [6.07, 6.45) is -0.859. The van der Waals surface area contributed by atoms with Crippen LogP contribution in [-0.4, -0.2) is 11.1 Å². The highest BCUT2D eigenvalue weighted by Crippen LogP contribution is 2.25. The van der Waals surface area contributed by atoms with Crippen LogP contribution >= 0.6 is 11.6 Å². The molecule has 78 valence electrons. The highest BCUT2D eigenvalue weighted by molar-refractivity contribution is 6.30. The van der Waals surface area contributed by atoms with Crippen LogP contribution in [0.15, 0.2) is 12.1 Å². The van der Waals surface area contributed by atoms with Gasteiger partial charge in [0.2, 0.25) is 0 Å². The van der Waals surface area contributed by atoms with E-state index in [4.69, 9.17) is 17.3 Å². The Bertz CT molecular complexity index is 341. The topological polar surface area (TPSA) is 46.2 Å². The van der Waals surface area contributed by atoms with Gasteiger partial charge in [0.25, 0.3) is 0 Å². The Balaban J connectivity index is 3.15. The van der Waals surface area contributed by atoms with Crippen molar-refractivity contribution in [1.82, 2.24) is 0 Å². The van der Waals surface area contributed by atoms with Gasteiger partial charge in [-0.2, -0.15) is 0 Å². The van der Waals surface area contributed by atoms with Crippen molar-refractivity contribution < 1.29 is 9.50 Å². The van der Waals surface area contributed by atoms with Crippen molar-refractivity contribution in [3.63, 3.8) is 0 Å². The quantitative estimate of drug-likeness (QED) is 0.798. The summed E-state index contributed by atoms with van der Waals surface area (Å²) in [4.78, 5) is 0. The lowest BCUT2D eigenvalue weighted by Crippen LogP contribution is -2.25. The molecule has 2 nitrogen and oxygen atoms in total. The predicted octanol–water partition coefficient (Wildman–Crippen LogP) is 2.17. The van der Waals surface area contributed by atoms with E-state index in [2.05, 4.69) is 0 Å². The Morgan fingerprint density at radius 2 is 2.07 bits per heavy atom. The average Bonchev–Trinajstić information content (AvgIpc) is 2.10. The molecule has 1 rings (SSSR count). The van der Waals surface area contributed by atoms with E-state index >= 15 is 0 Å². The van der Waals surface area contributed by atoms with Gasteiger partial charge in [0.15, 0.2) is 0 Å². The monoisotopic (exact) mass is 217 g/mol. The molecule has 2 atom stereocenters. The molecule has 14 heavy (non-hydrogen) atoms. The number of aryl methyl sites for hydroxylation is 1. The maximum absolute atomic E-state index is 13.1. The van der Waals surface area contributed by atoms with E-state index < -0.39 is 18.0 Å². The highest BCUT2D eigenvalue weighted by Gasteiger charge is 2.16. The number of rotatable bonds is 2. The summed E-state index contributed by atoms with van der Waals surface area (Å²) < 4.78 is 13.1. The van der Waals surface area contributed by atoms with Crippen LogP contribution in [0.25, 0.3) is 0 Å². The largest absolute Gasteiger partial charge is 0.387 e. The van der Waals surface area contributed by atoms with Gasteiger partial charge in [-0.05, 0) is 37.1 Å². The van der Waals surface area contributed by atoms with Crippen LogP contribution in [0.4, 0.5) is 4.39 Å². The third kappa shape index (κ3) is 2.23. The van der Waals surface area contributed by atoms with Crippen molar-refractivity contribution >= 4 is 11.6 Å². The predicted molar refractivity (Wildman–Crippen MR) is 54.8 cm³/mol. The fourth-order valence-corrected chi connectivity index (χ4v) is 1.48. The minimum atomic E-state index is -0.859. The second kappa shape index (κ2) is 4.26. The zero-order chi connectivity index (χ0) is 10.9. The number of hydrogen-bond acceptors (Lipinski definition) is 2. The van der Waals surface area contributed by atoms with Gasteiger partial charge in [0.05, 0.1) is 11.1 Å². The van der Waals surface area contributed by atoms with E-state index in [1.165, 1.54) is 12.1 Å². The highest BCUT2D eigenvalue weighted by atomic mass is 35.5. The van der Waals surface area contributed by atoms with Crippen molar-refractivity contribution in [2.24, 2.45) is 5.73 Å². The van der Waals surface area contributed by atoms with Crippen molar-refractivity contribution in [2.75, 3.05) is 0 Å². The lowest BCUT2D eigenvalue weighted by molar-refractivity contribution is 0.152. The van der Waals surface area contributed by atoms with E-state index in [1.807, 2.05) is 0 Å². The maximum Gasteiger partial charge on any atom is 0.142 e. The Labute approximate surface area is 87.5 Å². The summed E-state index contributed by atoms with van der Waals surface area (Å²) in [6.45, 7) is 3.42. The first kappa shape index (κ1) is 11.4. The fraction of sp³-hybridized carbons (Fsp3) is 0.400. The minimum absolute atomic E-state index is 0.0584. The van der Waals surface area contributed by atoms with Gasteiger partial charge in [0.1, 0.15) is 5.82 Å². The van der Waals surface area contributed by atoms with E-state index in [0.29, 0.717) is 5.56 Å². The molecule has 0 saturated heterocycles. The molecule has 0 bridgehead atoms. The standard InChI is InChI=1S/C10H13ClFNO/c1-5-3-8(11)9(12)4-7(5)10(14)6(2)13/h3-4,6,10,14H,13H2,1-2H3. The fourth-order valence-electron chi connectivity index (χ4n) is 1.26. The van der Waals surface area contributed by atoms with Gasteiger partial charge >= 0.3 is 0 Å². The molecule has 3 N–H and O–H groups in total. The molecule has 0 fully saturated rings. The van der Waals surface area contributed by atoms with Crippen LogP contribution in [0.5, 0.6) is 0 Å². The molecule has 2 unspecified atom stereocenters. The maximum atomic E-state index is 13.1. The van der Waals surface area contributed by atoms with Crippen LogP contribution in [0.1, 0.15) is 24.2 Å². The molecule has 1 aromatic rings. The summed E-state index contributed by atoms with van der Waals surface area (Å²) in [6, 6.07) is 2.28. The second-order valence-corrected chi connectivity index (χ2v) is 3.83. The first-order valence-corrected chi connectivity index (χ1v) is 4.70. The van der Waals surface area contributed by atoms with Gasteiger partial charge in [0, 0.05) is 6.04 Å². The van der Waals surface area contributed by atoms with Crippen LogP contribution in [0.3, 0.4) is 0 Å². The molecule has 0 amide bonds. The van der Waals surface area contributed by atoms with E-state index in [0.717, 1.165) is 5.56 Å². The van der Waals surface area contributed by atoms with Crippen LogP contribution in [-0.2, 0) is 0 Å². The molecule has 0 aliphatic carbocycles. The molecule has 1 aromatic carbocycles. The van der Waals surface area contributed by atoms with Crippen molar-refractivity contribution in [1.29, 1.82) is 0 Å². The van der Waals surface area contributed by atoms with Gasteiger partial charge in [-0.25, -0.2) is 4.39 Å². The van der Waals surface area contributed by atoms with E-state index in [9.17, 15) is 9.50 Å². The number of aliphatic hydroxyl groups is 1. The number of benzene rings is 1. The lowest BCUT2D eigenvalue weighted by atomic mass is 9.99. The van der Waals surface area contributed by atoms with Crippen molar-refractivity contribution in [2.45, 2.75) is 26.0 Å². The van der Waals surface area contributed by atoms with Crippen LogP contribution < -0.4 is 5.73 Å². The Morgan fingerprint density at radius 1 is 1.50 bits per heavy atom. The van der Waals surface area contributed by atoms with Crippen LogP contribution in [0, 0.1) is 12.7 Å². The van der Waals surface area contributed by atoms with E-state index in [1.54, 1.807) is 13.8 Å². The van der Waals surface area contributed by atoms with Crippen molar-refractivity contribution in [3.8, 4) is 0 Å².